The second kappa shape index (κ2) is 9.23. The highest BCUT2D eigenvalue weighted by atomic mass is 127. The summed E-state index contributed by atoms with van der Waals surface area (Å²) in [5.74, 6) is -0.541. The fraction of sp³-hybridized carbons (Fsp3) is 0.192. The number of nitrogens with zero attached hydrogens (tertiary/aromatic N) is 2. The van der Waals surface area contributed by atoms with Crippen LogP contribution in [0.1, 0.15) is 42.3 Å². The molecule has 1 aliphatic rings. The lowest BCUT2D eigenvalue weighted by atomic mass is 10.0. The zero-order valence-corrected chi connectivity index (χ0v) is 21.8. The Balaban J connectivity index is 1.73. The van der Waals surface area contributed by atoms with Gasteiger partial charge < -0.3 is 4.57 Å². The molecule has 0 radical (unpaired) electrons. The maximum Gasteiger partial charge on any atom is 0.270 e. The highest BCUT2D eigenvalue weighted by molar-refractivity contribution is 14.1. The van der Waals surface area contributed by atoms with Crippen LogP contribution < -0.4 is 10.2 Å². The highest BCUT2D eigenvalue weighted by Gasteiger charge is 2.34. The minimum atomic E-state index is -0.487. The number of hydrogen-bond acceptors (Lipinski definition) is 3. The molecule has 1 N–H and O–H groups in total. The Labute approximate surface area is 212 Å². The molecule has 2 heterocycles. The zero-order chi connectivity index (χ0) is 23.9. The van der Waals surface area contributed by atoms with E-state index >= 15 is 0 Å². The SMILES string of the molecule is Cc1cc(/C=C2\C(=O)NC(=S)N(c3ccc(C(C)C)cc3)C2=O)c(C)n1-c1cccc(I)c1. The monoisotopic (exact) mass is 569 g/mol. The number of aryl methyl sites for hydroxylation is 1. The Morgan fingerprint density at radius 1 is 1.00 bits per heavy atom. The summed E-state index contributed by atoms with van der Waals surface area (Å²) in [5.41, 5.74) is 5.66. The van der Waals surface area contributed by atoms with Gasteiger partial charge in [0.05, 0.1) is 5.69 Å². The largest absolute Gasteiger partial charge is 0.318 e. The Hall–Kier alpha value is -2.78. The quantitative estimate of drug-likeness (QED) is 0.191. The maximum absolute atomic E-state index is 13.4. The van der Waals surface area contributed by atoms with Crippen molar-refractivity contribution in [3.8, 4) is 5.69 Å². The van der Waals surface area contributed by atoms with Crippen LogP contribution in [0.25, 0.3) is 11.8 Å². The molecule has 0 spiro atoms. The van der Waals surface area contributed by atoms with Crippen LogP contribution in [-0.4, -0.2) is 21.5 Å². The van der Waals surface area contributed by atoms with Crippen molar-refractivity contribution in [2.24, 2.45) is 0 Å². The van der Waals surface area contributed by atoms with Gasteiger partial charge in [0.25, 0.3) is 11.8 Å². The van der Waals surface area contributed by atoms with Crippen LogP contribution in [0, 0.1) is 17.4 Å². The number of nitrogens with one attached hydrogen (secondary N) is 1. The molecule has 0 bridgehead atoms. The molecule has 2 amide bonds. The third-order valence-corrected chi connectivity index (χ3v) is 6.71. The lowest BCUT2D eigenvalue weighted by molar-refractivity contribution is -0.122. The number of halogens is 1. The molecule has 1 saturated heterocycles. The van der Waals surface area contributed by atoms with E-state index < -0.39 is 11.8 Å². The van der Waals surface area contributed by atoms with E-state index in [-0.39, 0.29) is 10.7 Å². The second-order valence-electron chi connectivity index (χ2n) is 8.35. The van der Waals surface area contributed by atoms with Gasteiger partial charge in [-0.05, 0) is 108 Å². The zero-order valence-electron chi connectivity index (χ0n) is 18.8. The first-order valence-corrected chi connectivity index (χ1v) is 12.1. The number of aromatic nitrogens is 1. The van der Waals surface area contributed by atoms with Gasteiger partial charge in [0.15, 0.2) is 5.11 Å². The minimum absolute atomic E-state index is 0.0550. The van der Waals surface area contributed by atoms with Crippen molar-refractivity contribution in [2.75, 3.05) is 4.90 Å². The third kappa shape index (κ3) is 4.52. The van der Waals surface area contributed by atoms with Crippen LogP contribution in [-0.2, 0) is 9.59 Å². The van der Waals surface area contributed by atoms with Crippen molar-refractivity contribution < 1.29 is 9.59 Å². The van der Waals surface area contributed by atoms with Crippen LogP contribution >= 0.6 is 34.8 Å². The molecule has 168 valence electrons. The smallest absolute Gasteiger partial charge is 0.270 e. The third-order valence-electron chi connectivity index (χ3n) is 5.76. The van der Waals surface area contributed by atoms with Gasteiger partial charge in [0.2, 0.25) is 0 Å². The summed E-state index contributed by atoms with van der Waals surface area (Å²) in [4.78, 5) is 27.5. The Morgan fingerprint density at radius 3 is 2.33 bits per heavy atom. The molecule has 1 aromatic heterocycles. The van der Waals surface area contributed by atoms with Crippen LogP contribution in [0.4, 0.5) is 5.69 Å². The summed E-state index contributed by atoms with van der Waals surface area (Å²) < 4.78 is 3.25. The Bertz CT molecular complexity index is 1310. The minimum Gasteiger partial charge on any atom is -0.318 e. The normalized spacial score (nSPS) is 15.5. The van der Waals surface area contributed by atoms with Gasteiger partial charge in [0, 0.05) is 20.6 Å². The van der Waals surface area contributed by atoms with Gasteiger partial charge in [-0.2, -0.15) is 0 Å². The van der Waals surface area contributed by atoms with Crippen molar-refractivity contribution in [1.82, 2.24) is 9.88 Å². The molecular formula is C26H24IN3O2S. The molecule has 0 atom stereocenters. The van der Waals surface area contributed by atoms with E-state index in [2.05, 4.69) is 52.4 Å². The average Bonchev–Trinajstić information content (AvgIpc) is 3.04. The number of hydrogen-bond donors (Lipinski definition) is 1. The summed E-state index contributed by atoms with van der Waals surface area (Å²) in [5, 5.41) is 2.75. The fourth-order valence-electron chi connectivity index (χ4n) is 4.00. The molecule has 5 nitrogen and oxygen atoms in total. The topological polar surface area (TPSA) is 54.3 Å². The van der Waals surface area contributed by atoms with E-state index in [1.807, 2.05) is 62.4 Å². The van der Waals surface area contributed by atoms with Gasteiger partial charge in [-0.3, -0.25) is 19.8 Å². The lowest BCUT2D eigenvalue weighted by Gasteiger charge is -2.29. The van der Waals surface area contributed by atoms with Gasteiger partial charge in [-0.15, -0.1) is 0 Å². The maximum atomic E-state index is 13.4. The fourth-order valence-corrected chi connectivity index (χ4v) is 4.81. The van der Waals surface area contributed by atoms with Crippen molar-refractivity contribution in [1.29, 1.82) is 0 Å². The number of amides is 2. The van der Waals surface area contributed by atoms with Crippen LogP contribution in [0.2, 0.25) is 0 Å². The lowest BCUT2D eigenvalue weighted by Crippen LogP contribution is -2.54. The van der Waals surface area contributed by atoms with E-state index in [1.54, 1.807) is 6.08 Å². The highest BCUT2D eigenvalue weighted by Crippen LogP contribution is 2.27. The number of anilines is 1. The van der Waals surface area contributed by atoms with Crippen molar-refractivity contribution >= 4 is 63.5 Å². The van der Waals surface area contributed by atoms with E-state index in [1.165, 1.54) is 4.90 Å². The average molecular weight is 569 g/mol. The Kier molecular flexibility index (Phi) is 6.54. The van der Waals surface area contributed by atoms with Crippen LogP contribution in [0.5, 0.6) is 0 Å². The number of rotatable bonds is 4. The molecule has 1 fully saturated rings. The summed E-state index contributed by atoms with van der Waals surface area (Å²) >= 11 is 7.62. The molecular weight excluding hydrogens is 545 g/mol. The Morgan fingerprint density at radius 2 is 1.70 bits per heavy atom. The summed E-state index contributed by atoms with van der Waals surface area (Å²) in [6.45, 7) is 8.21. The van der Waals surface area contributed by atoms with E-state index in [0.717, 1.165) is 31.8 Å². The molecule has 1 aliphatic heterocycles. The molecule has 3 aromatic rings. The first-order chi connectivity index (χ1) is 15.7. The van der Waals surface area contributed by atoms with Crippen LogP contribution in [0.15, 0.2) is 60.2 Å². The van der Waals surface area contributed by atoms with Gasteiger partial charge in [-0.25, -0.2) is 0 Å². The first kappa shape index (κ1) is 23.4. The van der Waals surface area contributed by atoms with E-state index in [9.17, 15) is 9.59 Å². The van der Waals surface area contributed by atoms with Gasteiger partial charge in [0.1, 0.15) is 5.57 Å². The molecule has 0 unspecified atom stereocenters. The summed E-state index contributed by atoms with van der Waals surface area (Å²) in [6.07, 6.45) is 1.65. The molecule has 0 saturated carbocycles. The van der Waals surface area contributed by atoms with E-state index in [0.29, 0.717) is 11.6 Å². The van der Waals surface area contributed by atoms with Crippen LogP contribution in [0.3, 0.4) is 0 Å². The van der Waals surface area contributed by atoms with Crippen molar-refractivity contribution in [2.45, 2.75) is 33.6 Å². The predicted molar refractivity (Wildman–Crippen MR) is 145 cm³/mol. The van der Waals surface area contributed by atoms with Crippen molar-refractivity contribution in [3.63, 3.8) is 0 Å². The first-order valence-electron chi connectivity index (χ1n) is 10.6. The number of carbonyl (C=O) groups excluding carboxylic acids is 2. The number of benzene rings is 2. The van der Waals surface area contributed by atoms with E-state index in [4.69, 9.17) is 12.2 Å². The van der Waals surface area contributed by atoms with Gasteiger partial charge >= 0.3 is 0 Å². The molecule has 0 aliphatic carbocycles. The number of thiocarbonyl (C=S) groups is 1. The van der Waals surface area contributed by atoms with Gasteiger partial charge in [-0.1, -0.05) is 32.0 Å². The standard InChI is InChI=1S/C26H24IN3O2S/c1-15(2)18-8-10-21(11-9-18)30-25(32)23(24(31)28-26(30)33)13-19-12-16(3)29(17(19)4)22-7-5-6-20(27)14-22/h5-15H,1-4H3,(H,28,31,33)/b23-13+. The molecule has 7 heteroatoms. The number of carbonyl (C=O) groups is 2. The predicted octanol–water partition coefficient (Wildman–Crippen LogP) is 5.65. The summed E-state index contributed by atoms with van der Waals surface area (Å²) in [7, 11) is 0. The summed E-state index contributed by atoms with van der Waals surface area (Å²) in [6, 6.07) is 17.8. The molecule has 4 rings (SSSR count). The molecule has 2 aromatic carbocycles. The van der Waals surface area contributed by atoms with Crippen molar-refractivity contribution in [3.05, 3.63) is 86.3 Å². The second-order valence-corrected chi connectivity index (χ2v) is 9.98. The molecule has 33 heavy (non-hydrogen) atoms.